The van der Waals surface area contributed by atoms with Gasteiger partial charge in [0.25, 0.3) is 0 Å². The van der Waals surface area contributed by atoms with Gasteiger partial charge >= 0.3 is 0 Å². The smallest absolute Gasteiger partial charge is 0.0849 e. The van der Waals surface area contributed by atoms with Crippen LogP contribution in [0.1, 0.15) is 47.5 Å². The summed E-state index contributed by atoms with van der Waals surface area (Å²) in [5.41, 5.74) is 10.3. The first-order valence-corrected chi connectivity index (χ1v) is 9.56. The Morgan fingerprint density at radius 3 is 1.46 bits per heavy atom. The lowest BCUT2D eigenvalue weighted by Gasteiger charge is -2.07. The topological polar surface area (TPSA) is 37.6 Å². The molecule has 0 aliphatic carbocycles. The van der Waals surface area contributed by atoms with Crippen molar-refractivity contribution in [3.63, 3.8) is 0 Å². The third-order valence-electron chi connectivity index (χ3n) is 4.77. The summed E-state index contributed by atoms with van der Waals surface area (Å²) in [5, 5.41) is 0. The lowest BCUT2D eigenvalue weighted by molar-refractivity contribution is 1.23. The molecule has 0 N–H and O–H groups in total. The maximum Gasteiger partial charge on any atom is 0.0849 e. The van der Waals surface area contributed by atoms with Gasteiger partial charge in [-0.25, -0.2) is 4.98 Å². The molecule has 0 spiro atoms. The van der Waals surface area contributed by atoms with Crippen molar-refractivity contribution in [3.05, 3.63) is 88.2 Å². The Bertz CT molecular complexity index is 992. The molecule has 0 bridgehead atoms. The fraction of sp³-hybridized carbons (Fsp3) is 0.240. The van der Waals surface area contributed by atoms with Gasteiger partial charge in [-0.2, -0.15) is 0 Å². The zero-order valence-electron chi connectivity index (χ0n) is 17.5. The van der Waals surface area contributed by atoms with E-state index in [9.17, 15) is 0 Å². The second-order valence-electron chi connectivity index (χ2n) is 7.38. The number of hydrogen-bond acceptors (Lipinski definition) is 3. The summed E-state index contributed by atoms with van der Waals surface area (Å²) in [6.07, 6.45) is 0. The summed E-state index contributed by atoms with van der Waals surface area (Å²) in [5.74, 6) is 0. The zero-order chi connectivity index (χ0) is 20.3. The molecule has 0 unspecified atom stereocenters. The highest BCUT2D eigenvalue weighted by Gasteiger charge is 2.06. The SMILES string of the molecule is C/C(=N\c1ccc(C)cc1C)c1cccc(/C(C)=N/c2ccc(C)cc2C)n1. The summed E-state index contributed by atoms with van der Waals surface area (Å²) in [4.78, 5) is 14.4. The summed E-state index contributed by atoms with van der Waals surface area (Å²) >= 11 is 0. The van der Waals surface area contributed by atoms with Gasteiger partial charge < -0.3 is 0 Å². The average molecular weight is 370 g/mol. The van der Waals surface area contributed by atoms with Crippen LogP contribution in [0.4, 0.5) is 11.4 Å². The minimum Gasteiger partial charge on any atom is -0.251 e. The van der Waals surface area contributed by atoms with Crippen LogP contribution in [-0.2, 0) is 0 Å². The second-order valence-corrected chi connectivity index (χ2v) is 7.38. The number of aryl methyl sites for hydroxylation is 4. The van der Waals surface area contributed by atoms with E-state index in [1.807, 2.05) is 32.0 Å². The first kappa shape index (κ1) is 19.7. The molecule has 0 aliphatic rings. The highest BCUT2D eigenvalue weighted by atomic mass is 14.8. The average Bonchev–Trinajstić information content (AvgIpc) is 2.66. The van der Waals surface area contributed by atoms with E-state index in [-0.39, 0.29) is 0 Å². The van der Waals surface area contributed by atoms with Crippen molar-refractivity contribution in [3.8, 4) is 0 Å². The highest BCUT2D eigenvalue weighted by Crippen LogP contribution is 2.22. The van der Waals surface area contributed by atoms with Crippen molar-refractivity contribution in [1.82, 2.24) is 4.98 Å². The molecule has 0 radical (unpaired) electrons. The van der Waals surface area contributed by atoms with Crippen LogP contribution in [0.25, 0.3) is 0 Å². The molecule has 0 aliphatic heterocycles. The van der Waals surface area contributed by atoms with E-state index in [1.165, 1.54) is 22.3 Å². The zero-order valence-corrected chi connectivity index (χ0v) is 17.5. The highest BCUT2D eigenvalue weighted by molar-refractivity contribution is 6.02. The molecule has 0 saturated heterocycles. The van der Waals surface area contributed by atoms with E-state index in [1.54, 1.807) is 0 Å². The van der Waals surface area contributed by atoms with Crippen molar-refractivity contribution in [1.29, 1.82) is 0 Å². The molecule has 3 nitrogen and oxygen atoms in total. The maximum atomic E-state index is 4.80. The quantitative estimate of drug-likeness (QED) is 0.478. The van der Waals surface area contributed by atoms with Crippen molar-refractivity contribution in [2.75, 3.05) is 0 Å². The van der Waals surface area contributed by atoms with E-state index < -0.39 is 0 Å². The van der Waals surface area contributed by atoms with Crippen LogP contribution in [0, 0.1) is 27.7 Å². The standard InChI is InChI=1S/C25H27N3/c1-16-10-12-22(18(3)14-16)26-20(5)24-8-7-9-25(28-24)21(6)27-23-13-11-17(2)15-19(23)4/h7-15H,1-6H3/b26-20+,27-21+. The third kappa shape index (κ3) is 4.61. The Labute approximate surface area is 167 Å². The van der Waals surface area contributed by atoms with Crippen LogP contribution in [0.15, 0.2) is 64.6 Å². The molecular formula is C25H27N3. The fourth-order valence-corrected chi connectivity index (χ4v) is 3.18. The molecule has 28 heavy (non-hydrogen) atoms. The second kappa shape index (κ2) is 8.30. The van der Waals surface area contributed by atoms with Gasteiger partial charge in [0.2, 0.25) is 0 Å². The molecule has 0 fully saturated rings. The summed E-state index contributed by atoms with van der Waals surface area (Å²) in [7, 11) is 0. The van der Waals surface area contributed by atoms with Gasteiger partial charge in [-0.15, -0.1) is 0 Å². The number of aromatic nitrogens is 1. The molecule has 0 saturated carbocycles. The lowest BCUT2D eigenvalue weighted by Crippen LogP contribution is -2.05. The Kier molecular flexibility index (Phi) is 5.84. The van der Waals surface area contributed by atoms with Crippen molar-refractivity contribution in [2.45, 2.75) is 41.5 Å². The first-order valence-electron chi connectivity index (χ1n) is 9.56. The monoisotopic (exact) mass is 369 g/mol. The summed E-state index contributed by atoms with van der Waals surface area (Å²) in [6, 6.07) is 18.6. The third-order valence-corrected chi connectivity index (χ3v) is 4.77. The largest absolute Gasteiger partial charge is 0.251 e. The molecule has 0 amide bonds. The predicted octanol–water partition coefficient (Wildman–Crippen LogP) is 6.60. The van der Waals surface area contributed by atoms with Crippen LogP contribution in [0.3, 0.4) is 0 Å². The van der Waals surface area contributed by atoms with Gasteiger partial charge in [-0.05, 0) is 76.9 Å². The van der Waals surface area contributed by atoms with Gasteiger partial charge in [0, 0.05) is 0 Å². The normalized spacial score (nSPS) is 12.4. The van der Waals surface area contributed by atoms with Crippen LogP contribution < -0.4 is 0 Å². The Morgan fingerprint density at radius 2 is 1.07 bits per heavy atom. The minimum absolute atomic E-state index is 0.868. The van der Waals surface area contributed by atoms with Gasteiger partial charge in [0.15, 0.2) is 0 Å². The number of rotatable bonds is 4. The molecule has 2 aromatic carbocycles. The van der Waals surface area contributed by atoms with E-state index in [0.717, 1.165) is 34.2 Å². The van der Waals surface area contributed by atoms with Gasteiger partial charge in [0.1, 0.15) is 0 Å². The van der Waals surface area contributed by atoms with Crippen molar-refractivity contribution < 1.29 is 0 Å². The Hall–Kier alpha value is -3.07. The molecule has 1 heterocycles. The number of benzene rings is 2. The fourth-order valence-electron chi connectivity index (χ4n) is 3.18. The van der Waals surface area contributed by atoms with E-state index >= 15 is 0 Å². The van der Waals surface area contributed by atoms with E-state index in [2.05, 4.69) is 64.1 Å². The molecule has 142 valence electrons. The molecule has 0 atom stereocenters. The maximum absolute atomic E-state index is 4.80. The van der Waals surface area contributed by atoms with Crippen molar-refractivity contribution >= 4 is 22.8 Å². The number of aliphatic imine (C=N–C) groups is 2. The van der Waals surface area contributed by atoms with Gasteiger partial charge in [-0.1, -0.05) is 41.5 Å². The number of hydrogen-bond donors (Lipinski definition) is 0. The summed E-state index contributed by atoms with van der Waals surface area (Å²) < 4.78 is 0. The van der Waals surface area contributed by atoms with E-state index in [0.29, 0.717) is 0 Å². The molecule has 1 aromatic heterocycles. The van der Waals surface area contributed by atoms with Crippen LogP contribution in [-0.4, -0.2) is 16.4 Å². The lowest BCUT2D eigenvalue weighted by atomic mass is 10.1. The van der Waals surface area contributed by atoms with Crippen molar-refractivity contribution in [2.24, 2.45) is 9.98 Å². The predicted molar refractivity (Wildman–Crippen MR) is 120 cm³/mol. The molecule has 3 heteroatoms. The number of pyridine rings is 1. The Balaban J connectivity index is 1.93. The molecule has 3 aromatic rings. The summed E-state index contributed by atoms with van der Waals surface area (Å²) in [6.45, 7) is 12.4. The van der Waals surface area contributed by atoms with Crippen LogP contribution >= 0.6 is 0 Å². The Morgan fingerprint density at radius 1 is 0.643 bits per heavy atom. The van der Waals surface area contributed by atoms with Gasteiger partial charge in [-0.3, -0.25) is 9.98 Å². The minimum atomic E-state index is 0.868. The van der Waals surface area contributed by atoms with Crippen LogP contribution in [0.5, 0.6) is 0 Å². The van der Waals surface area contributed by atoms with Crippen LogP contribution in [0.2, 0.25) is 0 Å². The molecule has 3 rings (SSSR count). The van der Waals surface area contributed by atoms with Gasteiger partial charge in [0.05, 0.1) is 34.2 Å². The van der Waals surface area contributed by atoms with E-state index in [4.69, 9.17) is 15.0 Å². The number of nitrogens with zero attached hydrogens (tertiary/aromatic N) is 3. The molecular weight excluding hydrogens is 342 g/mol. The first-order chi connectivity index (χ1) is 13.3.